The van der Waals surface area contributed by atoms with E-state index in [2.05, 4.69) is 35.4 Å². The second-order valence-electron chi connectivity index (χ2n) is 6.93. The molecule has 2 heteroatoms. The van der Waals surface area contributed by atoms with Crippen LogP contribution in [0, 0.1) is 18.8 Å². The monoisotopic (exact) mass is 280 g/mol. The highest BCUT2D eigenvalue weighted by Gasteiger charge is 2.34. The third-order valence-corrected chi connectivity index (χ3v) is 5.33. The molecule has 2 fully saturated rings. The molecule has 0 radical (unpaired) electrons. The van der Waals surface area contributed by atoms with Crippen molar-refractivity contribution in [1.82, 2.24) is 4.98 Å². The first kappa shape index (κ1) is 13.1. The Balaban J connectivity index is 1.57. The molecule has 2 unspecified atom stereocenters. The third kappa shape index (κ3) is 2.64. The molecule has 4 rings (SSSR count). The molecule has 0 spiro atoms. The number of fused-ring (bicyclic) bond motifs is 1. The molecule has 2 aliphatic rings. The molecule has 2 aromatic rings. The molecule has 21 heavy (non-hydrogen) atoms. The molecular formula is C19H24N2. The largest absolute Gasteiger partial charge is 0.382 e. The molecule has 0 amide bonds. The Labute approximate surface area is 127 Å². The molecule has 0 saturated heterocycles. The van der Waals surface area contributed by atoms with E-state index in [1.807, 2.05) is 12.3 Å². The summed E-state index contributed by atoms with van der Waals surface area (Å²) in [6, 6.07) is 9.31. The zero-order valence-corrected chi connectivity index (χ0v) is 12.8. The summed E-state index contributed by atoms with van der Waals surface area (Å²) in [7, 11) is 0. The van der Waals surface area contributed by atoms with Gasteiger partial charge in [-0.25, -0.2) is 0 Å². The summed E-state index contributed by atoms with van der Waals surface area (Å²) in [5.41, 5.74) is 3.66. The summed E-state index contributed by atoms with van der Waals surface area (Å²) < 4.78 is 0. The number of nitrogens with zero attached hydrogens (tertiary/aromatic N) is 1. The highest BCUT2D eigenvalue weighted by molar-refractivity contribution is 5.93. The van der Waals surface area contributed by atoms with E-state index >= 15 is 0 Å². The van der Waals surface area contributed by atoms with Gasteiger partial charge in [0, 0.05) is 23.3 Å². The molecule has 1 heterocycles. The van der Waals surface area contributed by atoms with Crippen molar-refractivity contribution in [2.75, 3.05) is 5.32 Å². The first-order chi connectivity index (χ1) is 10.3. The maximum Gasteiger partial charge on any atom is 0.0751 e. The van der Waals surface area contributed by atoms with Crippen LogP contribution in [0.5, 0.6) is 0 Å². The number of benzene rings is 1. The number of hydrogen-bond donors (Lipinski definition) is 1. The molecule has 0 bridgehead atoms. The van der Waals surface area contributed by atoms with Gasteiger partial charge in [-0.1, -0.05) is 18.9 Å². The van der Waals surface area contributed by atoms with Gasteiger partial charge >= 0.3 is 0 Å². The molecule has 110 valence electrons. The standard InChI is InChI=1S/C19H24N2/c1-13-7-10-18(17-6-3-11-20-19(13)17)21-16-5-2-4-15(12-16)14-8-9-14/h3,6-7,10-11,14-16,21H,2,4-5,8-9,12H2,1H3. The summed E-state index contributed by atoms with van der Waals surface area (Å²) in [6.45, 7) is 2.14. The van der Waals surface area contributed by atoms with Crippen LogP contribution in [-0.4, -0.2) is 11.0 Å². The van der Waals surface area contributed by atoms with Crippen molar-refractivity contribution in [3.63, 3.8) is 0 Å². The Morgan fingerprint density at radius 2 is 1.95 bits per heavy atom. The molecule has 0 aliphatic heterocycles. The molecule has 1 N–H and O–H groups in total. The smallest absolute Gasteiger partial charge is 0.0751 e. The number of nitrogens with one attached hydrogen (secondary N) is 1. The number of aromatic nitrogens is 1. The van der Waals surface area contributed by atoms with Gasteiger partial charge in [-0.05, 0) is 68.2 Å². The Bertz CT molecular complexity index is 645. The summed E-state index contributed by atoms with van der Waals surface area (Å²) in [4.78, 5) is 4.55. The van der Waals surface area contributed by atoms with E-state index in [9.17, 15) is 0 Å². The second kappa shape index (κ2) is 5.32. The topological polar surface area (TPSA) is 24.9 Å². The molecule has 1 aromatic carbocycles. The fourth-order valence-electron chi connectivity index (χ4n) is 4.01. The van der Waals surface area contributed by atoms with Gasteiger partial charge in [0.15, 0.2) is 0 Å². The number of aryl methyl sites for hydroxylation is 1. The first-order valence-corrected chi connectivity index (χ1v) is 8.42. The number of pyridine rings is 1. The van der Waals surface area contributed by atoms with Crippen molar-refractivity contribution in [1.29, 1.82) is 0 Å². The minimum absolute atomic E-state index is 0.649. The lowest BCUT2D eigenvalue weighted by Gasteiger charge is -2.31. The van der Waals surface area contributed by atoms with Gasteiger partial charge in [-0.15, -0.1) is 0 Å². The molecule has 2 saturated carbocycles. The van der Waals surface area contributed by atoms with Crippen LogP contribution in [0.4, 0.5) is 5.69 Å². The minimum atomic E-state index is 0.649. The maximum atomic E-state index is 4.55. The lowest BCUT2D eigenvalue weighted by atomic mass is 9.82. The van der Waals surface area contributed by atoms with E-state index in [1.165, 1.54) is 55.2 Å². The highest BCUT2D eigenvalue weighted by atomic mass is 14.9. The van der Waals surface area contributed by atoms with Gasteiger partial charge in [0.2, 0.25) is 0 Å². The van der Waals surface area contributed by atoms with Crippen molar-refractivity contribution in [3.8, 4) is 0 Å². The zero-order valence-electron chi connectivity index (χ0n) is 12.8. The van der Waals surface area contributed by atoms with E-state index in [-0.39, 0.29) is 0 Å². The van der Waals surface area contributed by atoms with Gasteiger partial charge in [0.05, 0.1) is 5.52 Å². The van der Waals surface area contributed by atoms with Crippen LogP contribution in [0.2, 0.25) is 0 Å². The molecule has 2 nitrogen and oxygen atoms in total. The van der Waals surface area contributed by atoms with Gasteiger partial charge in [-0.3, -0.25) is 4.98 Å². The van der Waals surface area contributed by atoms with Crippen molar-refractivity contribution in [2.45, 2.75) is 51.5 Å². The van der Waals surface area contributed by atoms with Gasteiger partial charge < -0.3 is 5.32 Å². The fourth-order valence-corrected chi connectivity index (χ4v) is 4.01. The van der Waals surface area contributed by atoms with Crippen LogP contribution in [0.25, 0.3) is 10.9 Å². The van der Waals surface area contributed by atoms with Crippen LogP contribution in [0.1, 0.15) is 44.1 Å². The van der Waals surface area contributed by atoms with Crippen molar-refractivity contribution in [2.24, 2.45) is 11.8 Å². The number of anilines is 1. The predicted octanol–water partition coefficient (Wildman–Crippen LogP) is 4.92. The molecule has 2 aliphatic carbocycles. The zero-order chi connectivity index (χ0) is 14.2. The Hall–Kier alpha value is -1.57. The van der Waals surface area contributed by atoms with Crippen molar-refractivity contribution < 1.29 is 0 Å². The predicted molar refractivity (Wildman–Crippen MR) is 88.6 cm³/mol. The normalized spacial score (nSPS) is 26.0. The van der Waals surface area contributed by atoms with Crippen LogP contribution in [0.15, 0.2) is 30.5 Å². The van der Waals surface area contributed by atoms with Crippen LogP contribution in [-0.2, 0) is 0 Å². The van der Waals surface area contributed by atoms with Gasteiger partial charge in [-0.2, -0.15) is 0 Å². The summed E-state index contributed by atoms with van der Waals surface area (Å²) in [5.74, 6) is 2.03. The lowest BCUT2D eigenvalue weighted by molar-refractivity contribution is 0.303. The van der Waals surface area contributed by atoms with E-state index in [4.69, 9.17) is 0 Å². The third-order valence-electron chi connectivity index (χ3n) is 5.33. The van der Waals surface area contributed by atoms with E-state index in [0.717, 1.165) is 17.4 Å². The highest BCUT2D eigenvalue weighted by Crippen LogP contribution is 2.44. The maximum absolute atomic E-state index is 4.55. The first-order valence-electron chi connectivity index (χ1n) is 8.42. The van der Waals surface area contributed by atoms with E-state index < -0.39 is 0 Å². The van der Waals surface area contributed by atoms with Crippen molar-refractivity contribution >= 4 is 16.6 Å². The quantitative estimate of drug-likeness (QED) is 0.862. The SMILES string of the molecule is Cc1ccc(NC2CCCC(C3CC3)C2)c2cccnc12. The summed E-state index contributed by atoms with van der Waals surface area (Å²) in [6.07, 6.45) is 10.4. The minimum Gasteiger partial charge on any atom is -0.382 e. The molecular weight excluding hydrogens is 256 g/mol. The molecule has 2 atom stereocenters. The average Bonchev–Trinajstić information content (AvgIpc) is 3.36. The van der Waals surface area contributed by atoms with Crippen LogP contribution in [0.3, 0.4) is 0 Å². The number of rotatable bonds is 3. The van der Waals surface area contributed by atoms with Crippen molar-refractivity contribution in [3.05, 3.63) is 36.0 Å². The summed E-state index contributed by atoms with van der Waals surface area (Å²) >= 11 is 0. The Kier molecular flexibility index (Phi) is 3.33. The Morgan fingerprint density at radius 3 is 2.81 bits per heavy atom. The fraction of sp³-hybridized carbons (Fsp3) is 0.526. The second-order valence-corrected chi connectivity index (χ2v) is 6.93. The van der Waals surface area contributed by atoms with E-state index in [1.54, 1.807) is 0 Å². The number of hydrogen-bond acceptors (Lipinski definition) is 2. The van der Waals surface area contributed by atoms with E-state index in [0.29, 0.717) is 6.04 Å². The molecule has 1 aromatic heterocycles. The van der Waals surface area contributed by atoms with Crippen LogP contribution < -0.4 is 5.32 Å². The Morgan fingerprint density at radius 1 is 1.05 bits per heavy atom. The van der Waals surface area contributed by atoms with Gasteiger partial charge in [0.25, 0.3) is 0 Å². The lowest BCUT2D eigenvalue weighted by Crippen LogP contribution is -2.28. The summed E-state index contributed by atoms with van der Waals surface area (Å²) in [5, 5.41) is 5.09. The van der Waals surface area contributed by atoms with Gasteiger partial charge in [0.1, 0.15) is 0 Å². The average molecular weight is 280 g/mol. The van der Waals surface area contributed by atoms with Crippen LogP contribution >= 0.6 is 0 Å².